The lowest BCUT2D eigenvalue weighted by atomic mass is 9.81. The third-order valence-electron chi connectivity index (χ3n) is 5.99. The summed E-state index contributed by atoms with van der Waals surface area (Å²) < 4.78 is 14.1. The number of rotatable bonds is 5. The number of halogens is 1. The number of carbonyl (C=O) groups is 1. The molecule has 5 heteroatoms. The Kier molecular flexibility index (Phi) is 5.22. The summed E-state index contributed by atoms with van der Waals surface area (Å²) in [7, 11) is 0. The fraction of sp³-hybridized carbons (Fsp3) is 0.333. The zero-order valence-corrected chi connectivity index (χ0v) is 16.7. The third-order valence-corrected chi connectivity index (χ3v) is 5.99. The van der Waals surface area contributed by atoms with Gasteiger partial charge in [0.25, 0.3) is 5.56 Å². The molecule has 1 saturated heterocycles. The largest absolute Gasteiger partial charge is 0.356 e. The summed E-state index contributed by atoms with van der Waals surface area (Å²) >= 11 is 0. The van der Waals surface area contributed by atoms with Gasteiger partial charge in [-0.2, -0.15) is 0 Å². The minimum atomic E-state index is -0.280. The summed E-state index contributed by atoms with van der Waals surface area (Å²) in [5.41, 5.74) is 1.98. The van der Waals surface area contributed by atoms with Crippen LogP contribution in [0.1, 0.15) is 38.2 Å². The molecule has 0 aliphatic carbocycles. The van der Waals surface area contributed by atoms with Crippen LogP contribution in [0, 0.1) is 17.7 Å². The molecular weight excluding hydrogens is 367 g/mol. The Morgan fingerprint density at radius 1 is 1.10 bits per heavy atom. The van der Waals surface area contributed by atoms with E-state index in [-0.39, 0.29) is 35.0 Å². The lowest BCUT2D eigenvalue weighted by Gasteiger charge is -2.23. The molecule has 0 bridgehead atoms. The van der Waals surface area contributed by atoms with Gasteiger partial charge in [0.15, 0.2) is 0 Å². The predicted molar refractivity (Wildman–Crippen MR) is 113 cm³/mol. The van der Waals surface area contributed by atoms with Crippen LogP contribution < -0.4 is 10.9 Å². The average molecular weight is 392 g/mol. The zero-order chi connectivity index (χ0) is 20.5. The highest BCUT2D eigenvalue weighted by Gasteiger charge is 2.30. The monoisotopic (exact) mass is 392 g/mol. The van der Waals surface area contributed by atoms with E-state index in [1.54, 1.807) is 12.1 Å². The third kappa shape index (κ3) is 3.82. The van der Waals surface area contributed by atoms with Crippen LogP contribution in [-0.4, -0.2) is 17.4 Å². The summed E-state index contributed by atoms with van der Waals surface area (Å²) in [6.07, 6.45) is 1.49. The van der Waals surface area contributed by atoms with Gasteiger partial charge in [-0.25, -0.2) is 4.39 Å². The smallest absolute Gasteiger partial charge is 0.251 e. The normalized spacial score (nSPS) is 17.7. The number of hydrogen-bond acceptors (Lipinski definition) is 2. The number of hydrogen-bond donors (Lipinski definition) is 2. The Balaban J connectivity index is 1.67. The molecule has 2 N–H and O–H groups in total. The Morgan fingerprint density at radius 3 is 2.62 bits per heavy atom. The van der Waals surface area contributed by atoms with Crippen molar-refractivity contribution in [1.29, 1.82) is 0 Å². The summed E-state index contributed by atoms with van der Waals surface area (Å²) in [4.78, 5) is 27.9. The molecule has 2 atom stereocenters. The van der Waals surface area contributed by atoms with Crippen LogP contribution in [0.15, 0.2) is 53.3 Å². The van der Waals surface area contributed by atoms with Crippen molar-refractivity contribution in [3.05, 3.63) is 70.3 Å². The molecule has 150 valence electrons. The molecule has 0 spiro atoms. The van der Waals surface area contributed by atoms with Gasteiger partial charge in [-0.1, -0.05) is 44.2 Å². The fourth-order valence-electron chi connectivity index (χ4n) is 4.28. The molecule has 2 unspecified atom stereocenters. The van der Waals surface area contributed by atoms with E-state index in [1.165, 1.54) is 6.07 Å². The Hall–Kier alpha value is -2.95. The van der Waals surface area contributed by atoms with Gasteiger partial charge in [0.2, 0.25) is 5.91 Å². The van der Waals surface area contributed by atoms with Crippen molar-refractivity contribution in [3.63, 3.8) is 0 Å². The van der Waals surface area contributed by atoms with Gasteiger partial charge in [0, 0.05) is 29.1 Å². The SMILES string of the molecule is CC(C)C(CC1CCNC1=O)c1ccc(-c2ccc3cccc(F)c3c2)[nH]c1=O. The first-order chi connectivity index (χ1) is 13.9. The molecule has 2 heterocycles. The lowest BCUT2D eigenvalue weighted by Crippen LogP contribution is -2.25. The number of nitrogens with one attached hydrogen (secondary N) is 2. The van der Waals surface area contributed by atoms with Crippen LogP contribution >= 0.6 is 0 Å². The van der Waals surface area contributed by atoms with E-state index in [4.69, 9.17) is 0 Å². The number of H-pyrrole nitrogens is 1. The van der Waals surface area contributed by atoms with Crippen LogP contribution in [-0.2, 0) is 4.79 Å². The molecule has 0 saturated carbocycles. The topological polar surface area (TPSA) is 62.0 Å². The van der Waals surface area contributed by atoms with Crippen LogP contribution in [0.4, 0.5) is 4.39 Å². The number of carbonyl (C=O) groups excluding carboxylic acids is 1. The van der Waals surface area contributed by atoms with Crippen LogP contribution in [0.25, 0.3) is 22.0 Å². The molecule has 1 aliphatic heterocycles. The summed E-state index contributed by atoms with van der Waals surface area (Å²) in [6.45, 7) is 4.87. The van der Waals surface area contributed by atoms with Gasteiger partial charge in [-0.15, -0.1) is 0 Å². The maximum Gasteiger partial charge on any atom is 0.251 e. The van der Waals surface area contributed by atoms with Crippen LogP contribution in [0.2, 0.25) is 0 Å². The molecule has 0 radical (unpaired) electrons. The molecule has 2 aromatic carbocycles. The van der Waals surface area contributed by atoms with E-state index >= 15 is 0 Å². The van der Waals surface area contributed by atoms with E-state index in [0.29, 0.717) is 29.6 Å². The number of aromatic nitrogens is 1. The summed E-state index contributed by atoms with van der Waals surface area (Å²) in [5, 5.41) is 4.23. The van der Waals surface area contributed by atoms with Gasteiger partial charge in [-0.3, -0.25) is 9.59 Å². The van der Waals surface area contributed by atoms with E-state index in [1.807, 2.05) is 30.3 Å². The van der Waals surface area contributed by atoms with Crippen LogP contribution in [0.3, 0.4) is 0 Å². The average Bonchev–Trinajstić information content (AvgIpc) is 3.11. The standard InChI is InChI=1S/C24H25FN2O2/c1-14(2)19(13-17-10-11-26-23(17)28)18-8-9-22(27-24(18)29)16-7-6-15-4-3-5-21(25)20(15)12-16/h3-9,12,14,17,19H,10-11,13H2,1-2H3,(H,26,28)(H,27,29). The van der Waals surface area contributed by atoms with E-state index in [2.05, 4.69) is 24.1 Å². The van der Waals surface area contributed by atoms with Crippen molar-refractivity contribution in [2.45, 2.75) is 32.6 Å². The van der Waals surface area contributed by atoms with Crippen LogP contribution in [0.5, 0.6) is 0 Å². The summed E-state index contributed by atoms with van der Waals surface area (Å²) in [5.74, 6) is 0.0191. The first kappa shape index (κ1) is 19.4. The second kappa shape index (κ2) is 7.82. The molecule has 1 fully saturated rings. The van der Waals surface area contributed by atoms with Crippen molar-refractivity contribution >= 4 is 16.7 Å². The van der Waals surface area contributed by atoms with Crippen molar-refractivity contribution in [1.82, 2.24) is 10.3 Å². The van der Waals surface area contributed by atoms with Gasteiger partial charge < -0.3 is 10.3 Å². The van der Waals surface area contributed by atoms with Crippen molar-refractivity contribution in [2.75, 3.05) is 6.54 Å². The second-order valence-electron chi connectivity index (χ2n) is 8.20. The van der Waals surface area contributed by atoms with Crippen molar-refractivity contribution in [3.8, 4) is 11.3 Å². The van der Waals surface area contributed by atoms with E-state index in [0.717, 1.165) is 17.4 Å². The number of pyridine rings is 1. The van der Waals surface area contributed by atoms with Gasteiger partial charge in [-0.05, 0) is 53.8 Å². The maximum absolute atomic E-state index is 14.1. The molecule has 1 aliphatic rings. The van der Waals surface area contributed by atoms with Gasteiger partial charge in [0.1, 0.15) is 5.82 Å². The molecule has 3 aromatic rings. The highest BCUT2D eigenvalue weighted by molar-refractivity contribution is 5.87. The Morgan fingerprint density at radius 2 is 1.93 bits per heavy atom. The molecular formula is C24H25FN2O2. The molecule has 4 rings (SSSR count). The minimum absolute atomic E-state index is 0.00991. The first-order valence-corrected chi connectivity index (χ1v) is 10.1. The van der Waals surface area contributed by atoms with E-state index in [9.17, 15) is 14.0 Å². The van der Waals surface area contributed by atoms with Crippen molar-refractivity contribution < 1.29 is 9.18 Å². The highest BCUT2D eigenvalue weighted by Crippen LogP contribution is 2.32. The highest BCUT2D eigenvalue weighted by atomic mass is 19.1. The second-order valence-corrected chi connectivity index (χ2v) is 8.20. The quantitative estimate of drug-likeness (QED) is 0.667. The fourth-order valence-corrected chi connectivity index (χ4v) is 4.28. The molecule has 29 heavy (non-hydrogen) atoms. The number of fused-ring (bicyclic) bond motifs is 1. The molecule has 4 nitrogen and oxygen atoms in total. The maximum atomic E-state index is 14.1. The van der Waals surface area contributed by atoms with Crippen molar-refractivity contribution in [2.24, 2.45) is 11.8 Å². The number of benzene rings is 2. The molecule has 1 aromatic heterocycles. The number of amides is 1. The van der Waals surface area contributed by atoms with Gasteiger partial charge in [0.05, 0.1) is 0 Å². The number of aromatic amines is 1. The zero-order valence-electron chi connectivity index (χ0n) is 16.7. The first-order valence-electron chi connectivity index (χ1n) is 10.1. The van der Waals surface area contributed by atoms with Gasteiger partial charge >= 0.3 is 0 Å². The molecule has 1 amide bonds. The lowest BCUT2D eigenvalue weighted by molar-refractivity contribution is -0.122. The summed E-state index contributed by atoms with van der Waals surface area (Å²) in [6, 6.07) is 14.2. The Bertz CT molecular complexity index is 1120. The predicted octanol–water partition coefficient (Wildman–Crippen LogP) is 4.60. The Labute approximate surface area is 169 Å². The minimum Gasteiger partial charge on any atom is -0.356 e. The van der Waals surface area contributed by atoms with E-state index < -0.39 is 0 Å².